The van der Waals surface area contributed by atoms with Crippen molar-refractivity contribution in [3.8, 4) is 0 Å². The number of carbonyl (C=O) groups is 1. The van der Waals surface area contributed by atoms with Crippen LogP contribution in [0.3, 0.4) is 0 Å². The van der Waals surface area contributed by atoms with Crippen LogP contribution >= 0.6 is 0 Å². The number of benzene rings is 1. The Hall–Kier alpha value is -1.39. The highest BCUT2D eigenvalue weighted by molar-refractivity contribution is 5.72. The molecule has 0 bridgehead atoms. The highest BCUT2D eigenvalue weighted by Gasteiger charge is 2.31. The summed E-state index contributed by atoms with van der Waals surface area (Å²) in [4.78, 5) is 10.8. The van der Waals surface area contributed by atoms with Crippen LogP contribution in [0, 0.1) is 0 Å². The van der Waals surface area contributed by atoms with Gasteiger partial charge >= 0.3 is 5.97 Å². The molecule has 1 aliphatic heterocycles. The van der Waals surface area contributed by atoms with Gasteiger partial charge in [-0.15, -0.1) is 0 Å². The van der Waals surface area contributed by atoms with Crippen molar-refractivity contribution < 1.29 is 14.6 Å². The van der Waals surface area contributed by atoms with Gasteiger partial charge in [-0.1, -0.05) is 24.3 Å². The molecule has 1 aromatic carbocycles. The first-order valence-corrected chi connectivity index (χ1v) is 6.91. The average Bonchev–Trinajstić information content (AvgIpc) is 3.02. The highest BCUT2D eigenvalue weighted by atomic mass is 16.5. The minimum absolute atomic E-state index is 0.0461. The Morgan fingerprint density at radius 1 is 1.26 bits per heavy atom. The van der Waals surface area contributed by atoms with Crippen molar-refractivity contribution in [3.05, 3.63) is 35.4 Å². The third-order valence-corrected chi connectivity index (χ3v) is 4.07. The van der Waals surface area contributed by atoms with E-state index in [9.17, 15) is 4.79 Å². The summed E-state index contributed by atoms with van der Waals surface area (Å²) in [5.41, 5.74) is 2.85. The molecule has 2 unspecified atom stereocenters. The van der Waals surface area contributed by atoms with Crippen LogP contribution in [0.15, 0.2) is 24.3 Å². The summed E-state index contributed by atoms with van der Waals surface area (Å²) in [6, 6.07) is 9.00. The molecule has 1 saturated heterocycles. The minimum Gasteiger partial charge on any atom is -0.479 e. The van der Waals surface area contributed by atoms with E-state index in [2.05, 4.69) is 29.6 Å². The largest absolute Gasteiger partial charge is 0.479 e. The van der Waals surface area contributed by atoms with E-state index in [1.54, 1.807) is 0 Å². The van der Waals surface area contributed by atoms with E-state index >= 15 is 0 Å². The minimum atomic E-state index is -0.837. The number of nitrogens with one attached hydrogen (secondary N) is 1. The van der Waals surface area contributed by atoms with E-state index in [1.807, 2.05) is 0 Å². The Morgan fingerprint density at radius 3 is 2.53 bits per heavy atom. The zero-order valence-electron chi connectivity index (χ0n) is 10.8. The first-order chi connectivity index (χ1) is 9.22. The van der Waals surface area contributed by atoms with Crippen LogP contribution in [-0.2, 0) is 22.4 Å². The van der Waals surface area contributed by atoms with Crippen LogP contribution < -0.4 is 5.32 Å². The highest BCUT2D eigenvalue weighted by Crippen LogP contribution is 2.23. The number of carboxylic acids is 1. The number of carboxylic acid groups (broad SMARTS) is 1. The molecule has 0 aromatic heterocycles. The normalized spacial score (nSPS) is 26.5. The zero-order valence-corrected chi connectivity index (χ0v) is 10.8. The van der Waals surface area contributed by atoms with Gasteiger partial charge in [-0.2, -0.15) is 0 Å². The molecule has 0 amide bonds. The summed E-state index contributed by atoms with van der Waals surface area (Å²) < 4.78 is 5.50. The van der Waals surface area contributed by atoms with Crippen molar-refractivity contribution in [1.29, 1.82) is 0 Å². The Kier molecular flexibility index (Phi) is 3.53. The molecule has 2 atom stereocenters. The van der Waals surface area contributed by atoms with Crippen molar-refractivity contribution in [2.24, 2.45) is 0 Å². The monoisotopic (exact) mass is 261 g/mol. The molecule has 19 heavy (non-hydrogen) atoms. The quantitative estimate of drug-likeness (QED) is 0.859. The lowest BCUT2D eigenvalue weighted by molar-refractivity contribution is -0.149. The molecular formula is C15H19NO3. The molecule has 1 heterocycles. The fraction of sp³-hybridized carbons (Fsp3) is 0.533. The van der Waals surface area contributed by atoms with E-state index in [0.29, 0.717) is 12.5 Å². The summed E-state index contributed by atoms with van der Waals surface area (Å²) in [5, 5.41) is 12.4. The van der Waals surface area contributed by atoms with E-state index in [-0.39, 0.29) is 6.10 Å². The fourth-order valence-corrected chi connectivity index (χ4v) is 3.04. The molecular weight excluding hydrogens is 242 g/mol. The molecule has 2 N–H and O–H groups in total. The lowest BCUT2D eigenvalue weighted by Gasteiger charge is -2.16. The summed E-state index contributed by atoms with van der Waals surface area (Å²) in [5.74, 6) is -0.837. The van der Waals surface area contributed by atoms with E-state index < -0.39 is 12.1 Å². The van der Waals surface area contributed by atoms with Gasteiger partial charge < -0.3 is 15.2 Å². The van der Waals surface area contributed by atoms with Gasteiger partial charge in [-0.3, -0.25) is 0 Å². The Balaban J connectivity index is 1.46. The number of rotatable bonds is 4. The molecule has 2 aliphatic rings. The first-order valence-electron chi connectivity index (χ1n) is 6.91. The molecule has 1 fully saturated rings. The van der Waals surface area contributed by atoms with Gasteiger partial charge in [0.05, 0.1) is 6.10 Å². The van der Waals surface area contributed by atoms with Crippen LogP contribution in [0.1, 0.15) is 24.0 Å². The molecule has 4 heteroatoms. The average molecular weight is 261 g/mol. The topological polar surface area (TPSA) is 58.6 Å². The Bertz CT molecular complexity index is 449. The van der Waals surface area contributed by atoms with Crippen molar-refractivity contribution in [2.45, 2.75) is 43.9 Å². The zero-order chi connectivity index (χ0) is 13.2. The SMILES string of the molecule is O=C(O)C1CCC(CNC2Cc3ccccc3C2)O1. The molecule has 102 valence electrons. The second-order valence-corrected chi connectivity index (χ2v) is 5.44. The molecule has 3 rings (SSSR count). The lowest BCUT2D eigenvalue weighted by atomic mass is 10.1. The third-order valence-electron chi connectivity index (χ3n) is 4.07. The van der Waals surface area contributed by atoms with Gasteiger partial charge in [-0.05, 0) is 36.8 Å². The van der Waals surface area contributed by atoms with Crippen LogP contribution in [0.4, 0.5) is 0 Å². The Morgan fingerprint density at radius 2 is 1.95 bits per heavy atom. The lowest BCUT2D eigenvalue weighted by Crippen LogP contribution is -2.36. The fourth-order valence-electron chi connectivity index (χ4n) is 3.04. The maximum Gasteiger partial charge on any atom is 0.332 e. The van der Waals surface area contributed by atoms with Crippen molar-refractivity contribution >= 4 is 5.97 Å². The van der Waals surface area contributed by atoms with Crippen LogP contribution in [0.2, 0.25) is 0 Å². The number of fused-ring (bicyclic) bond motifs is 1. The predicted molar refractivity (Wildman–Crippen MR) is 71.2 cm³/mol. The number of hydrogen-bond donors (Lipinski definition) is 2. The van der Waals surface area contributed by atoms with Crippen molar-refractivity contribution in [3.63, 3.8) is 0 Å². The van der Waals surface area contributed by atoms with Gasteiger partial charge in [0.1, 0.15) is 0 Å². The van der Waals surface area contributed by atoms with E-state index in [0.717, 1.165) is 25.8 Å². The summed E-state index contributed by atoms with van der Waals surface area (Å²) in [7, 11) is 0. The third kappa shape index (κ3) is 2.80. The van der Waals surface area contributed by atoms with Gasteiger partial charge in [-0.25, -0.2) is 4.79 Å². The first kappa shape index (κ1) is 12.6. The van der Waals surface area contributed by atoms with Crippen LogP contribution in [-0.4, -0.2) is 35.9 Å². The van der Waals surface area contributed by atoms with Crippen LogP contribution in [0.25, 0.3) is 0 Å². The Labute approximate surface area is 112 Å². The maximum atomic E-state index is 10.8. The summed E-state index contributed by atoms with van der Waals surface area (Å²) in [6.45, 7) is 0.752. The van der Waals surface area contributed by atoms with Gasteiger partial charge in [0, 0.05) is 12.6 Å². The molecule has 0 radical (unpaired) electrons. The number of hydrogen-bond acceptors (Lipinski definition) is 3. The molecule has 1 aliphatic carbocycles. The van der Waals surface area contributed by atoms with Crippen LogP contribution in [0.5, 0.6) is 0 Å². The number of aliphatic carboxylic acids is 1. The van der Waals surface area contributed by atoms with Crippen molar-refractivity contribution in [1.82, 2.24) is 5.32 Å². The maximum absolute atomic E-state index is 10.8. The second kappa shape index (κ2) is 5.31. The smallest absolute Gasteiger partial charge is 0.332 e. The summed E-state index contributed by atoms with van der Waals surface area (Å²) >= 11 is 0. The molecule has 4 nitrogen and oxygen atoms in total. The number of ether oxygens (including phenoxy) is 1. The molecule has 0 saturated carbocycles. The molecule has 1 aromatic rings. The van der Waals surface area contributed by atoms with Gasteiger partial charge in [0.25, 0.3) is 0 Å². The second-order valence-electron chi connectivity index (χ2n) is 5.44. The van der Waals surface area contributed by atoms with Crippen molar-refractivity contribution in [2.75, 3.05) is 6.54 Å². The van der Waals surface area contributed by atoms with Gasteiger partial charge in [0.2, 0.25) is 0 Å². The molecule has 0 spiro atoms. The van der Waals surface area contributed by atoms with E-state index in [1.165, 1.54) is 11.1 Å². The standard InChI is InChI=1S/C15H19NO3/c17-15(18)14-6-5-13(19-14)9-16-12-7-10-3-1-2-4-11(10)8-12/h1-4,12-14,16H,5-9H2,(H,17,18). The summed E-state index contributed by atoms with van der Waals surface area (Å²) in [6.07, 6.45) is 3.03. The van der Waals surface area contributed by atoms with Gasteiger partial charge in [0.15, 0.2) is 6.10 Å². The van der Waals surface area contributed by atoms with E-state index in [4.69, 9.17) is 9.84 Å². The predicted octanol–water partition coefficient (Wildman–Crippen LogP) is 1.38.